The normalized spacial score (nSPS) is 10.3. The van der Waals surface area contributed by atoms with Gasteiger partial charge in [0.2, 0.25) is 0 Å². The minimum absolute atomic E-state index is 0.736. The monoisotopic (exact) mass is 309 g/mol. The lowest BCUT2D eigenvalue weighted by Crippen LogP contribution is -2.00. The second kappa shape index (κ2) is 5.56. The van der Waals surface area contributed by atoms with Crippen LogP contribution in [0.1, 0.15) is 11.1 Å². The second-order valence-corrected chi connectivity index (χ2v) is 5.26. The van der Waals surface area contributed by atoms with Crippen LogP contribution in [0.15, 0.2) is 46.9 Å². The van der Waals surface area contributed by atoms with Crippen LogP contribution in [0.25, 0.3) is 0 Å². The van der Waals surface area contributed by atoms with Crippen LogP contribution >= 0.6 is 27.5 Å². The Balaban J connectivity index is 2.09. The predicted octanol–water partition coefficient (Wildman–Crippen LogP) is 5.02. The standard InChI is InChI=1S/C14H13BrClN/c1-10-3-2-4-11(7-10)9-17-14-8-12(16)5-6-13(14)15/h2-8,17H,9H2,1H3. The highest BCUT2D eigenvalue weighted by molar-refractivity contribution is 9.10. The van der Waals surface area contributed by atoms with E-state index in [1.807, 2.05) is 18.2 Å². The fourth-order valence-electron chi connectivity index (χ4n) is 1.65. The van der Waals surface area contributed by atoms with Gasteiger partial charge in [0.05, 0.1) is 5.69 Å². The molecule has 3 heteroatoms. The van der Waals surface area contributed by atoms with Gasteiger partial charge in [-0.25, -0.2) is 0 Å². The van der Waals surface area contributed by atoms with Gasteiger partial charge in [-0.2, -0.15) is 0 Å². The topological polar surface area (TPSA) is 12.0 Å². The molecule has 2 aromatic rings. The summed E-state index contributed by atoms with van der Waals surface area (Å²) in [4.78, 5) is 0. The summed E-state index contributed by atoms with van der Waals surface area (Å²) in [5.41, 5.74) is 3.55. The Morgan fingerprint density at radius 3 is 2.76 bits per heavy atom. The van der Waals surface area contributed by atoms with Gasteiger partial charge in [-0.15, -0.1) is 0 Å². The van der Waals surface area contributed by atoms with Crippen molar-refractivity contribution < 1.29 is 0 Å². The number of rotatable bonds is 3. The molecule has 17 heavy (non-hydrogen) atoms. The molecule has 0 unspecified atom stereocenters. The molecule has 0 radical (unpaired) electrons. The molecule has 0 bridgehead atoms. The highest BCUT2D eigenvalue weighted by Crippen LogP contribution is 2.26. The van der Waals surface area contributed by atoms with Crippen molar-refractivity contribution in [2.45, 2.75) is 13.5 Å². The Bertz CT molecular complexity index is 525. The zero-order valence-electron chi connectivity index (χ0n) is 9.50. The van der Waals surface area contributed by atoms with Crippen LogP contribution in [0, 0.1) is 6.92 Å². The van der Waals surface area contributed by atoms with Gasteiger partial charge in [0.15, 0.2) is 0 Å². The Kier molecular flexibility index (Phi) is 4.08. The average molecular weight is 311 g/mol. The molecule has 0 spiro atoms. The molecule has 0 aromatic heterocycles. The van der Waals surface area contributed by atoms with Crippen molar-refractivity contribution in [3.63, 3.8) is 0 Å². The van der Waals surface area contributed by atoms with Crippen molar-refractivity contribution in [1.82, 2.24) is 0 Å². The first-order valence-electron chi connectivity index (χ1n) is 5.39. The summed E-state index contributed by atoms with van der Waals surface area (Å²) in [5, 5.41) is 4.10. The lowest BCUT2D eigenvalue weighted by atomic mass is 10.1. The number of halogens is 2. The van der Waals surface area contributed by atoms with Crippen LogP contribution in [-0.2, 0) is 6.54 Å². The molecular formula is C14H13BrClN. The molecule has 1 nitrogen and oxygen atoms in total. The lowest BCUT2D eigenvalue weighted by molar-refractivity contribution is 1.14. The summed E-state index contributed by atoms with van der Waals surface area (Å²) in [6, 6.07) is 14.2. The predicted molar refractivity (Wildman–Crippen MR) is 77.7 cm³/mol. The molecule has 0 saturated heterocycles. The Labute approximate surface area is 115 Å². The van der Waals surface area contributed by atoms with E-state index in [0.29, 0.717) is 0 Å². The van der Waals surface area contributed by atoms with Crippen LogP contribution in [0.4, 0.5) is 5.69 Å². The maximum absolute atomic E-state index is 5.96. The average Bonchev–Trinajstić information content (AvgIpc) is 2.30. The van der Waals surface area contributed by atoms with Crippen LogP contribution in [-0.4, -0.2) is 0 Å². The molecule has 0 amide bonds. The quantitative estimate of drug-likeness (QED) is 0.839. The third-order valence-electron chi connectivity index (χ3n) is 2.49. The van der Waals surface area contributed by atoms with E-state index in [9.17, 15) is 0 Å². The highest BCUT2D eigenvalue weighted by Gasteiger charge is 2.00. The van der Waals surface area contributed by atoms with E-state index in [-0.39, 0.29) is 0 Å². The van der Waals surface area contributed by atoms with Crippen molar-refractivity contribution in [3.8, 4) is 0 Å². The maximum atomic E-state index is 5.96. The number of benzene rings is 2. The fourth-order valence-corrected chi connectivity index (χ4v) is 2.21. The summed E-state index contributed by atoms with van der Waals surface area (Å²) >= 11 is 9.46. The van der Waals surface area contributed by atoms with Gasteiger partial charge in [0.1, 0.15) is 0 Å². The highest BCUT2D eigenvalue weighted by atomic mass is 79.9. The van der Waals surface area contributed by atoms with E-state index in [4.69, 9.17) is 11.6 Å². The van der Waals surface area contributed by atoms with E-state index in [2.05, 4.69) is 52.4 Å². The third kappa shape index (κ3) is 3.48. The molecule has 2 aromatic carbocycles. The molecule has 0 aliphatic heterocycles. The first-order chi connectivity index (χ1) is 8.15. The minimum Gasteiger partial charge on any atom is -0.380 e. The van der Waals surface area contributed by atoms with Gasteiger partial charge in [-0.05, 0) is 46.6 Å². The first-order valence-corrected chi connectivity index (χ1v) is 6.57. The summed E-state index contributed by atoms with van der Waals surface area (Å²) in [6.07, 6.45) is 0. The van der Waals surface area contributed by atoms with Gasteiger partial charge >= 0.3 is 0 Å². The Morgan fingerprint density at radius 2 is 2.00 bits per heavy atom. The molecule has 88 valence electrons. The second-order valence-electron chi connectivity index (χ2n) is 3.97. The number of hydrogen-bond acceptors (Lipinski definition) is 1. The van der Waals surface area contributed by atoms with Gasteiger partial charge < -0.3 is 5.32 Å². The SMILES string of the molecule is Cc1cccc(CNc2cc(Cl)ccc2Br)c1. The molecule has 0 saturated carbocycles. The Morgan fingerprint density at radius 1 is 1.18 bits per heavy atom. The Hall–Kier alpha value is -0.990. The van der Waals surface area contributed by atoms with E-state index in [0.717, 1.165) is 21.7 Å². The van der Waals surface area contributed by atoms with Crippen LogP contribution < -0.4 is 5.32 Å². The van der Waals surface area contributed by atoms with Crippen LogP contribution in [0.5, 0.6) is 0 Å². The van der Waals surface area contributed by atoms with Gasteiger partial charge in [-0.3, -0.25) is 0 Å². The van der Waals surface area contributed by atoms with Gasteiger partial charge in [0, 0.05) is 16.0 Å². The first kappa shape index (κ1) is 12.5. The molecule has 0 heterocycles. The third-order valence-corrected chi connectivity index (χ3v) is 3.42. The summed E-state index contributed by atoms with van der Waals surface area (Å²) in [5.74, 6) is 0. The molecular weight excluding hydrogens is 298 g/mol. The fraction of sp³-hybridized carbons (Fsp3) is 0.143. The summed E-state index contributed by atoms with van der Waals surface area (Å²) in [6.45, 7) is 2.89. The smallest absolute Gasteiger partial charge is 0.0502 e. The zero-order chi connectivity index (χ0) is 12.3. The number of nitrogens with one attached hydrogen (secondary N) is 1. The minimum atomic E-state index is 0.736. The number of anilines is 1. The van der Waals surface area contributed by atoms with Crippen LogP contribution in [0.2, 0.25) is 5.02 Å². The van der Waals surface area contributed by atoms with Gasteiger partial charge in [-0.1, -0.05) is 41.4 Å². The van der Waals surface area contributed by atoms with E-state index in [1.54, 1.807) is 0 Å². The maximum Gasteiger partial charge on any atom is 0.0502 e. The molecule has 2 rings (SSSR count). The molecule has 0 aliphatic rings. The van der Waals surface area contributed by atoms with Crippen molar-refractivity contribution in [2.75, 3.05) is 5.32 Å². The molecule has 1 N–H and O–H groups in total. The van der Waals surface area contributed by atoms with Crippen molar-refractivity contribution in [1.29, 1.82) is 0 Å². The summed E-state index contributed by atoms with van der Waals surface area (Å²) < 4.78 is 1.02. The van der Waals surface area contributed by atoms with E-state index in [1.165, 1.54) is 11.1 Å². The van der Waals surface area contributed by atoms with E-state index >= 15 is 0 Å². The molecule has 0 fully saturated rings. The summed E-state index contributed by atoms with van der Waals surface area (Å²) in [7, 11) is 0. The number of aryl methyl sites for hydroxylation is 1. The largest absolute Gasteiger partial charge is 0.380 e. The van der Waals surface area contributed by atoms with E-state index < -0.39 is 0 Å². The van der Waals surface area contributed by atoms with Crippen LogP contribution in [0.3, 0.4) is 0 Å². The lowest BCUT2D eigenvalue weighted by Gasteiger charge is -2.09. The molecule has 0 atom stereocenters. The van der Waals surface area contributed by atoms with Crippen molar-refractivity contribution in [2.24, 2.45) is 0 Å². The molecule has 0 aliphatic carbocycles. The zero-order valence-corrected chi connectivity index (χ0v) is 11.8. The van der Waals surface area contributed by atoms with Crippen molar-refractivity contribution in [3.05, 3.63) is 63.1 Å². The number of hydrogen-bond donors (Lipinski definition) is 1. The van der Waals surface area contributed by atoms with Gasteiger partial charge in [0.25, 0.3) is 0 Å². The van der Waals surface area contributed by atoms with Crippen molar-refractivity contribution >= 4 is 33.2 Å².